The maximum absolute atomic E-state index is 6.59. The number of hydrogen-bond acceptors (Lipinski definition) is 2. The second-order valence-corrected chi connectivity index (χ2v) is 12.0. The first-order chi connectivity index (χ1) is 16.4. The fourth-order valence-electron chi connectivity index (χ4n) is 5.96. The summed E-state index contributed by atoms with van der Waals surface area (Å²) in [6, 6.07) is 22.4. The minimum atomic E-state index is 0.0634. The first kappa shape index (κ1) is 25.5. The zero-order valence-electron chi connectivity index (χ0n) is 22.0. The van der Waals surface area contributed by atoms with Crippen LogP contribution in [0.15, 0.2) is 60.7 Å². The van der Waals surface area contributed by atoms with Gasteiger partial charge in [-0.05, 0) is 67.9 Å². The van der Waals surface area contributed by atoms with Gasteiger partial charge in [-0.2, -0.15) is 0 Å². The van der Waals surface area contributed by atoms with Crippen LogP contribution in [0, 0.1) is 5.41 Å². The summed E-state index contributed by atoms with van der Waals surface area (Å²) in [6.45, 7) is 10.0. The van der Waals surface area contributed by atoms with Crippen molar-refractivity contribution in [3.63, 3.8) is 0 Å². The SMILES string of the molecule is CCCCC(CCC[C@@H](OCC1CCC2(CC2)O1)C(C)(C)C)(c1ccccc1)c1ccccc1. The van der Waals surface area contributed by atoms with Crippen LogP contribution in [0.3, 0.4) is 0 Å². The molecular weight excluding hydrogens is 416 g/mol. The fourth-order valence-corrected chi connectivity index (χ4v) is 5.96. The Labute approximate surface area is 208 Å². The molecule has 186 valence electrons. The van der Waals surface area contributed by atoms with Gasteiger partial charge in [0, 0.05) is 5.41 Å². The van der Waals surface area contributed by atoms with Gasteiger partial charge >= 0.3 is 0 Å². The normalized spacial score (nSPS) is 20.5. The van der Waals surface area contributed by atoms with Gasteiger partial charge in [-0.15, -0.1) is 0 Å². The maximum atomic E-state index is 6.59. The molecule has 2 aromatic carbocycles. The van der Waals surface area contributed by atoms with E-state index in [0.717, 1.165) is 25.9 Å². The topological polar surface area (TPSA) is 18.5 Å². The zero-order valence-corrected chi connectivity index (χ0v) is 22.0. The van der Waals surface area contributed by atoms with Crippen molar-refractivity contribution in [3.05, 3.63) is 71.8 Å². The van der Waals surface area contributed by atoms with Gasteiger partial charge in [0.1, 0.15) is 0 Å². The van der Waals surface area contributed by atoms with Crippen LogP contribution >= 0.6 is 0 Å². The molecule has 2 fully saturated rings. The Hall–Kier alpha value is -1.64. The number of ether oxygens (including phenoxy) is 2. The summed E-state index contributed by atoms with van der Waals surface area (Å²) >= 11 is 0. The largest absolute Gasteiger partial charge is 0.375 e. The highest BCUT2D eigenvalue weighted by atomic mass is 16.6. The molecule has 0 bridgehead atoms. The standard InChI is InChI=1S/C32H46O2/c1-5-6-20-32(26-14-9-7-10-15-26,27-16-11-8-12-17-27)21-13-18-29(30(2,3)4)33-25-28-19-22-31(34-28)23-24-31/h7-12,14-17,28-29H,5-6,13,18-25H2,1-4H3/t28?,29-/m1/s1. The summed E-state index contributed by atoms with van der Waals surface area (Å²) in [7, 11) is 0. The Balaban J connectivity index is 1.46. The average Bonchev–Trinajstić information content (AvgIpc) is 3.48. The van der Waals surface area contributed by atoms with E-state index < -0.39 is 0 Å². The number of rotatable bonds is 12. The van der Waals surface area contributed by atoms with Gasteiger partial charge in [-0.1, -0.05) is 101 Å². The van der Waals surface area contributed by atoms with E-state index in [2.05, 4.69) is 88.4 Å². The lowest BCUT2D eigenvalue weighted by Crippen LogP contribution is -2.34. The van der Waals surface area contributed by atoms with Gasteiger partial charge < -0.3 is 9.47 Å². The number of hydrogen-bond donors (Lipinski definition) is 0. The molecule has 1 unspecified atom stereocenters. The van der Waals surface area contributed by atoms with Crippen LogP contribution < -0.4 is 0 Å². The predicted octanol–water partition coefficient (Wildman–Crippen LogP) is 8.48. The fraction of sp³-hybridized carbons (Fsp3) is 0.625. The van der Waals surface area contributed by atoms with Crippen LogP contribution in [-0.2, 0) is 14.9 Å². The first-order valence-corrected chi connectivity index (χ1v) is 13.8. The van der Waals surface area contributed by atoms with Crippen LogP contribution in [0.2, 0.25) is 0 Å². The van der Waals surface area contributed by atoms with Gasteiger partial charge in [0.15, 0.2) is 0 Å². The molecule has 1 saturated heterocycles. The number of unbranched alkanes of at least 4 members (excludes halogenated alkanes) is 1. The van der Waals surface area contributed by atoms with Crippen molar-refractivity contribution in [2.75, 3.05) is 6.61 Å². The molecule has 1 spiro atoms. The molecule has 1 saturated carbocycles. The van der Waals surface area contributed by atoms with Crippen molar-refractivity contribution >= 4 is 0 Å². The van der Waals surface area contributed by atoms with Gasteiger partial charge in [-0.25, -0.2) is 0 Å². The van der Waals surface area contributed by atoms with Crippen molar-refractivity contribution < 1.29 is 9.47 Å². The highest BCUT2D eigenvalue weighted by molar-refractivity contribution is 5.39. The smallest absolute Gasteiger partial charge is 0.0817 e. The van der Waals surface area contributed by atoms with E-state index in [4.69, 9.17) is 9.47 Å². The summed E-state index contributed by atoms with van der Waals surface area (Å²) in [4.78, 5) is 0. The van der Waals surface area contributed by atoms with E-state index in [-0.39, 0.29) is 22.5 Å². The van der Waals surface area contributed by atoms with Crippen LogP contribution in [0.1, 0.15) is 103 Å². The molecule has 0 radical (unpaired) electrons. The van der Waals surface area contributed by atoms with E-state index >= 15 is 0 Å². The Bertz CT molecular complexity index is 823. The molecule has 2 aliphatic rings. The lowest BCUT2D eigenvalue weighted by Gasteiger charge is -2.37. The monoisotopic (exact) mass is 462 g/mol. The lowest BCUT2D eigenvalue weighted by atomic mass is 9.67. The van der Waals surface area contributed by atoms with Crippen molar-refractivity contribution in [2.45, 2.75) is 115 Å². The highest BCUT2D eigenvalue weighted by Gasteiger charge is 2.50. The van der Waals surface area contributed by atoms with Crippen molar-refractivity contribution in [1.82, 2.24) is 0 Å². The molecule has 0 N–H and O–H groups in total. The quantitative estimate of drug-likeness (QED) is 0.315. The second-order valence-electron chi connectivity index (χ2n) is 12.0. The zero-order chi connectivity index (χ0) is 24.1. The summed E-state index contributed by atoms with van der Waals surface area (Å²) in [5, 5.41) is 0. The maximum Gasteiger partial charge on any atom is 0.0817 e. The van der Waals surface area contributed by atoms with Crippen molar-refractivity contribution in [2.24, 2.45) is 5.41 Å². The van der Waals surface area contributed by atoms with Crippen LogP contribution in [0.4, 0.5) is 0 Å². The predicted molar refractivity (Wildman–Crippen MR) is 142 cm³/mol. The highest BCUT2D eigenvalue weighted by Crippen LogP contribution is 2.49. The molecule has 4 rings (SSSR count). The van der Waals surface area contributed by atoms with E-state index in [1.165, 1.54) is 56.1 Å². The molecule has 34 heavy (non-hydrogen) atoms. The number of benzene rings is 2. The molecule has 0 amide bonds. The molecule has 1 aliphatic heterocycles. The first-order valence-electron chi connectivity index (χ1n) is 13.8. The summed E-state index contributed by atoms with van der Waals surface area (Å²) in [6.07, 6.45) is 12.5. The van der Waals surface area contributed by atoms with E-state index in [1.807, 2.05) is 0 Å². The van der Waals surface area contributed by atoms with Crippen LogP contribution in [-0.4, -0.2) is 24.4 Å². The minimum Gasteiger partial charge on any atom is -0.375 e. The lowest BCUT2D eigenvalue weighted by molar-refractivity contribution is -0.0812. The van der Waals surface area contributed by atoms with E-state index in [0.29, 0.717) is 6.10 Å². The van der Waals surface area contributed by atoms with Crippen LogP contribution in [0.25, 0.3) is 0 Å². The van der Waals surface area contributed by atoms with Crippen molar-refractivity contribution in [3.8, 4) is 0 Å². The van der Waals surface area contributed by atoms with Crippen LogP contribution in [0.5, 0.6) is 0 Å². The van der Waals surface area contributed by atoms with E-state index in [1.54, 1.807) is 0 Å². The molecule has 1 heterocycles. The van der Waals surface area contributed by atoms with Crippen molar-refractivity contribution in [1.29, 1.82) is 0 Å². The Morgan fingerprint density at radius 2 is 1.47 bits per heavy atom. The second kappa shape index (κ2) is 11.0. The molecule has 2 aromatic rings. The Morgan fingerprint density at radius 1 is 0.882 bits per heavy atom. The molecule has 0 aromatic heterocycles. The molecule has 2 nitrogen and oxygen atoms in total. The van der Waals surface area contributed by atoms with Gasteiger partial charge in [0.2, 0.25) is 0 Å². The third-order valence-electron chi connectivity index (χ3n) is 8.28. The Kier molecular flexibility index (Phi) is 8.20. The molecule has 1 aliphatic carbocycles. The molecule has 2 atom stereocenters. The summed E-state index contributed by atoms with van der Waals surface area (Å²) < 4.78 is 12.9. The third-order valence-corrected chi connectivity index (χ3v) is 8.28. The average molecular weight is 463 g/mol. The Morgan fingerprint density at radius 3 is 1.97 bits per heavy atom. The van der Waals surface area contributed by atoms with E-state index in [9.17, 15) is 0 Å². The summed E-state index contributed by atoms with van der Waals surface area (Å²) in [5.41, 5.74) is 3.35. The molecule has 2 heteroatoms. The van der Waals surface area contributed by atoms with Gasteiger partial charge in [0.25, 0.3) is 0 Å². The minimum absolute atomic E-state index is 0.0634. The van der Waals surface area contributed by atoms with Gasteiger partial charge in [0.05, 0.1) is 24.4 Å². The third kappa shape index (κ3) is 6.13. The summed E-state index contributed by atoms with van der Waals surface area (Å²) in [5.74, 6) is 0. The van der Waals surface area contributed by atoms with Gasteiger partial charge in [-0.3, -0.25) is 0 Å². The molecular formula is C32H46O2.